The maximum atomic E-state index is 11.2. The Morgan fingerprint density at radius 2 is 1.82 bits per heavy atom. The Hall–Kier alpha value is -0.330. The fourth-order valence-corrected chi connectivity index (χ4v) is 2.59. The highest BCUT2D eigenvalue weighted by Crippen LogP contribution is 2.47. The molecule has 0 saturated heterocycles. The SMILES string of the molecule is CCC1C(C)C(C)C1C(C)=O. The van der Waals surface area contributed by atoms with Crippen molar-refractivity contribution in [1.82, 2.24) is 0 Å². The molecule has 1 aliphatic rings. The van der Waals surface area contributed by atoms with Crippen molar-refractivity contribution in [3.63, 3.8) is 0 Å². The average Bonchev–Trinajstić information content (AvgIpc) is 1.96. The van der Waals surface area contributed by atoms with Crippen LogP contribution in [0, 0.1) is 23.7 Å². The third kappa shape index (κ3) is 1.21. The van der Waals surface area contributed by atoms with E-state index >= 15 is 0 Å². The number of rotatable bonds is 2. The Kier molecular flexibility index (Phi) is 2.36. The lowest BCUT2D eigenvalue weighted by atomic mass is 9.56. The maximum absolute atomic E-state index is 11.2. The zero-order valence-corrected chi connectivity index (χ0v) is 7.92. The zero-order valence-electron chi connectivity index (χ0n) is 7.92. The first kappa shape index (κ1) is 8.76. The summed E-state index contributed by atoms with van der Waals surface area (Å²) < 4.78 is 0. The molecule has 0 bridgehead atoms. The monoisotopic (exact) mass is 154 g/mol. The number of ketones is 1. The van der Waals surface area contributed by atoms with Gasteiger partial charge in [-0.1, -0.05) is 27.2 Å². The molecule has 0 radical (unpaired) electrons. The average molecular weight is 154 g/mol. The lowest BCUT2D eigenvalue weighted by Gasteiger charge is -2.48. The molecule has 0 aromatic carbocycles. The number of hydrogen-bond acceptors (Lipinski definition) is 1. The smallest absolute Gasteiger partial charge is 0.133 e. The van der Waals surface area contributed by atoms with Crippen molar-refractivity contribution < 1.29 is 4.79 Å². The predicted octanol–water partition coefficient (Wildman–Crippen LogP) is 2.50. The third-order valence-electron chi connectivity index (χ3n) is 3.47. The Bertz CT molecular complexity index is 162. The molecule has 1 heteroatoms. The van der Waals surface area contributed by atoms with Crippen LogP contribution in [-0.2, 0) is 4.79 Å². The number of carbonyl (C=O) groups is 1. The van der Waals surface area contributed by atoms with Crippen LogP contribution in [0.25, 0.3) is 0 Å². The topological polar surface area (TPSA) is 17.1 Å². The van der Waals surface area contributed by atoms with Gasteiger partial charge >= 0.3 is 0 Å². The van der Waals surface area contributed by atoms with Gasteiger partial charge in [0.15, 0.2) is 0 Å². The standard InChI is InChI=1S/C10H18O/c1-5-9-6(2)7(3)10(9)8(4)11/h6-7,9-10H,5H2,1-4H3. The van der Waals surface area contributed by atoms with Crippen LogP contribution in [-0.4, -0.2) is 5.78 Å². The number of hydrogen-bond donors (Lipinski definition) is 0. The second-order valence-electron chi connectivity index (χ2n) is 3.93. The molecule has 0 amide bonds. The predicted molar refractivity (Wildman–Crippen MR) is 46.3 cm³/mol. The van der Waals surface area contributed by atoms with E-state index in [4.69, 9.17) is 0 Å². The lowest BCUT2D eigenvalue weighted by Crippen LogP contribution is -2.46. The molecule has 64 valence electrons. The van der Waals surface area contributed by atoms with Gasteiger partial charge in [0, 0.05) is 5.92 Å². The van der Waals surface area contributed by atoms with E-state index in [-0.39, 0.29) is 0 Å². The molecular formula is C10H18O. The van der Waals surface area contributed by atoms with Gasteiger partial charge < -0.3 is 0 Å². The van der Waals surface area contributed by atoms with E-state index in [1.807, 2.05) is 0 Å². The minimum Gasteiger partial charge on any atom is -0.300 e. The number of carbonyl (C=O) groups excluding carboxylic acids is 1. The molecule has 0 N–H and O–H groups in total. The molecule has 1 aliphatic carbocycles. The minimum absolute atomic E-state index is 0.370. The molecule has 4 atom stereocenters. The summed E-state index contributed by atoms with van der Waals surface area (Å²) >= 11 is 0. The fourth-order valence-electron chi connectivity index (χ4n) is 2.59. The second kappa shape index (κ2) is 2.96. The molecule has 0 spiro atoms. The van der Waals surface area contributed by atoms with Gasteiger partial charge in [0.1, 0.15) is 5.78 Å². The summed E-state index contributed by atoms with van der Waals surface area (Å²) in [5, 5.41) is 0. The van der Waals surface area contributed by atoms with Gasteiger partial charge in [-0.3, -0.25) is 4.79 Å². The zero-order chi connectivity index (χ0) is 8.59. The number of Topliss-reactive ketones (excluding diaryl/α,β-unsaturated/α-hetero) is 1. The van der Waals surface area contributed by atoms with E-state index in [9.17, 15) is 4.79 Å². The van der Waals surface area contributed by atoms with Crippen molar-refractivity contribution in [1.29, 1.82) is 0 Å². The van der Waals surface area contributed by atoms with Crippen molar-refractivity contribution in [2.45, 2.75) is 34.1 Å². The molecule has 0 aromatic heterocycles. The van der Waals surface area contributed by atoms with Crippen LogP contribution in [0.3, 0.4) is 0 Å². The fraction of sp³-hybridized carbons (Fsp3) is 0.900. The third-order valence-corrected chi connectivity index (χ3v) is 3.47. The summed E-state index contributed by atoms with van der Waals surface area (Å²) in [7, 11) is 0. The molecule has 1 fully saturated rings. The summed E-state index contributed by atoms with van der Waals surface area (Å²) in [6.07, 6.45) is 1.16. The van der Waals surface area contributed by atoms with Gasteiger partial charge in [-0.15, -0.1) is 0 Å². The van der Waals surface area contributed by atoms with Crippen LogP contribution in [0.2, 0.25) is 0 Å². The summed E-state index contributed by atoms with van der Waals surface area (Å²) in [5.41, 5.74) is 0. The lowest BCUT2D eigenvalue weighted by molar-refractivity contribution is -0.134. The van der Waals surface area contributed by atoms with Crippen LogP contribution < -0.4 is 0 Å². The van der Waals surface area contributed by atoms with E-state index < -0.39 is 0 Å². The van der Waals surface area contributed by atoms with E-state index in [1.54, 1.807) is 6.92 Å². The molecule has 0 aliphatic heterocycles. The van der Waals surface area contributed by atoms with Crippen molar-refractivity contribution in [2.75, 3.05) is 0 Å². The second-order valence-corrected chi connectivity index (χ2v) is 3.93. The van der Waals surface area contributed by atoms with Crippen LogP contribution in [0.5, 0.6) is 0 Å². The first-order chi connectivity index (χ1) is 5.09. The molecular weight excluding hydrogens is 136 g/mol. The molecule has 1 saturated carbocycles. The molecule has 0 aromatic rings. The normalized spacial score (nSPS) is 43.3. The van der Waals surface area contributed by atoms with Gasteiger partial charge in [-0.2, -0.15) is 0 Å². The largest absolute Gasteiger partial charge is 0.300 e. The van der Waals surface area contributed by atoms with Gasteiger partial charge in [0.05, 0.1) is 0 Å². The van der Waals surface area contributed by atoms with Gasteiger partial charge in [0.25, 0.3) is 0 Å². The molecule has 11 heavy (non-hydrogen) atoms. The molecule has 0 heterocycles. The van der Waals surface area contributed by atoms with Crippen LogP contribution in [0.1, 0.15) is 34.1 Å². The van der Waals surface area contributed by atoms with Gasteiger partial charge in [0.2, 0.25) is 0 Å². The van der Waals surface area contributed by atoms with Crippen LogP contribution in [0.4, 0.5) is 0 Å². The first-order valence-corrected chi connectivity index (χ1v) is 4.60. The Morgan fingerprint density at radius 1 is 1.27 bits per heavy atom. The summed E-state index contributed by atoms with van der Waals surface area (Å²) in [5.74, 6) is 2.81. The van der Waals surface area contributed by atoms with Crippen molar-refractivity contribution in [3.8, 4) is 0 Å². The summed E-state index contributed by atoms with van der Waals surface area (Å²) in [6, 6.07) is 0. The molecule has 1 nitrogen and oxygen atoms in total. The highest BCUT2D eigenvalue weighted by molar-refractivity contribution is 5.80. The molecule has 1 rings (SSSR count). The Labute approximate surface area is 69.2 Å². The maximum Gasteiger partial charge on any atom is 0.133 e. The van der Waals surface area contributed by atoms with Gasteiger partial charge in [-0.05, 0) is 24.7 Å². The van der Waals surface area contributed by atoms with Crippen molar-refractivity contribution in [3.05, 3.63) is 0 Å². The van der Waals surface area contributed by atoms with E-state index in [1.165, 1.54) is 0 Å². The summed E-state index contributed by atoms with van der Waals surface area (Å²) in [4.78, 5) is 11.2. The Balaban J connectivity index is 2.60. The quantitative estimate of drug-likeness (QED) is 0.597. The molecule has 4 unspecified atom stereocenters. The van der Waals surface area contributed by atoms with Gasteiger partial charge in [-0.25, -0.2) is 0 Å². The summed E-state index contributed by atoms with van der Waals surface area (Å²) in [6.45, 7) is 8.37. The van der Waals surface area contributed by atoms with Crippen LogP contribution in [0.15, 0.2) is 0 Å². The highest BCUT2D eigenvalue weighted by atomic mass is 16.1. The van der Waals surface area contributed by atoms with E-state index in [0.717, 1.165) is 12.3 Å². The first-order valence-electron chi connectivity index (χ1n) is 4.60. The van der Waals surface area contributed by atoms with E-state index in [2.05, 4.69) is 20.8 Å². The van der Waals surface area contributed by atoms with Crippen LogP contribution >= 0.6 is 0 Å². The van der Waals surface area contributed by atoms with Crippen molar-refractivity contribution in [2.24, 2.45) is 23.7 Å². The Morgan fingerprint density at radius 3 is 2.09 bits per heavy atom. The van der Waals surface area contributed by atoms with E-state index in [0.29, 0.717) is 23.5 Å². The highest BCUT2D eigenvalue weighted by Gasteiger charge is 2.45. The van der Waals surface area contributed by atoms with Crippen molar-refractivity contribution >= 4 is 5.78 Å². The minimum atomic E-state index is 0.370.